The van der Waals surface area contributed by atoms with Gasteiger partial charge in [0.25, 0.3) is 0 Å². The number of nitrogens with zero attached hydrogens (tertiary/aromatic N) is 5. The summed E-state index contributed by atoms with van der Waals surface area (Å²) in [5.74, 6) is 2.14. The lowest BCUT2D eigenvalue weighted by atomic mass is 9.86. The number of likely N-dealkylation sites (N-methyl/N-ethyl adjacent to an activating group) is 1. The SMILES string of the molecule is CC1CCN(c2ncc3c(n2)CCC(C(=O)N2CCCN(C)CC2)C3)CC1.Cl. The maximum absolute atomic E-state index is 13.0. The molecular weight excluding hydrogens is 374 g/mol. The van der Waals surface area contributed by atoms with Gasteiger partial charge in [-0.15, -0.1) is 12.4 Å². The Morgan fingerprint density at radius 2 is 1.86 bits per heavy atom. The number of hydrogen-bond acceptors (Lipinski definition) is 5. The molecular formula is C21H34ClN5O. The van der Waals surface area contributed by atoms with Crippen LogP contribution in [-0.2, 0) is 17.6 Å². The molecule has 0 aromatic carbocycles. The number of rotatable bonds is 2. The number of anilines is 1. The quantitative estimate of drug-likeness (QED) is 0.753. The average molecular weight is 408 g/mol. The minimum atomic E-state index is 0. The molecule has 6 nitrogen and oxygen atoms in total. The van der Waals surface area contributed by atoms with Gasteiger partial charge in [0, 0.05) is 50.5 Å². The van der Waals surface area contributed by atoms with Gasteiger partial charge < -0.3 is 14.7 Å². The maximum Gasteiger partial charge on any atom is 0.226 e. The van der Waals surface area contributed by atoms with Crippen molar-refractivity contribution in [1.82, 2.24) is 19.8 Å². The summed E-state index contributed by atoms with van der Waals surface area (Å²) in [4.78, 5) is 29.3. The van der Waals surface area contributed by atoms with Crippen molar-refractivity contribution in [2.75, 3.05) is 51.2 Å². The monoisotopic (exact) mass is 407 g/mol. The van der Waals surface area contributed by atoms with E-state index < -0.39 is 0 Å². The van der Waals surface area contributed by atoms with Crippen LogP contribution in [0.4, 0.5) is 5.95 Å². The third-order valence-corrected chi connectivity index (χ3v) is 6.58. The smallest absolute Gasteiger partial charge is 0.226 e. The molecule has 156 valence electrons. The van der Waals surface area contributed by atoms with Crippen molar-refractivity contribution in [3.8, 4) is 0 Å². The number of carbonyl (C=O) groups is 1. The topological polar surface area (TPSA) is 52.6 Å². The molecule has 0 spiro atoms. The van der Waals surface area contributed by atoms with E-state index in [0.717, 1.165) is 76.8 Å². The molecule has 1 atom stereocenters. The molecule has 3 heterocycles. The molecule has 1 aromatic rings. The predicted molar refractivity (Wildman–Crippen MR) is 114 cm³/mol. The van der Waals surface area contributed by atoms with Crippen molar-refractivity contribution in [1.29, 1.82) is 0 Å². The van der Waals surface area contributed by atoms with E-state index in [1.54, 1.807) is 0 Å². The number of halogens is 1. The minimum absolute atomic E-state index is 0. The molecule has 0 saturated carbocycles. The predicted octanol–water partition coefficient (Wildman–Crippen LogP) is 2.40. The maximum atomic E-state index is 13.0. The average Bonchev–Trinajstić information content (AvgIpc) is 2.91. The zero-order chi connectivity index (χ0) is 18.8. The fraction of sp³-hybridized carbons (Fsp3) is 0.762. The summed E-state index contributed by atoms with van der Waals surface area (Å²) in [5, 5.41) is 0. The van der Waals surface area contributed by atoms with Crippen molar-refractivity contribution in [3.63, 3.8) is 0 Å². The Morgan fingerprint density at radius 3 is 2.64 bits per heavy atom. The van der Waals surface area contributed by atoms with Gasteiger partial charge in [0.1, 0.15) is 0 Å². The van der Waals surface area contributed by atoms with E-state index in [1.165, 1.54) is 24.1 Å². The highest BCUT2D eigenvalue weighted by atomic mass is 35.5. The van der Waals surface area contributed by atoms with Gasteiger partial charge in [-0.1, -0.05) is 6.92 Å². The van der Waals surface area contributed by atoms with Crippen LogP contribution in [0.25, 0.3) is 0 Å². The van der Waals surface area contributed by atoms with E-state index in [4.69, 9.17) is 4.98 Å². The Balaban J connectivity index is 0.00000225. The minimum Gasteiger partial charge on any atom is -0.341 e. The number of fused-ring (bicyclic) bond motifs is 1. The Morgan fingerprint density at radius 1 is 1.07 bits per heavy atom. The summed E-state index contributed by atoms with van der Waals surface area (Å²) in [6.45, 7) is 8.27. The second kappa shape index (κ2) is 9.40. The number of piperidine rings is 1. The van der Waals surface area contributed by atoms with Gasteiger partial charge in [-0.2, -0.15) is 0 Å². The Bertz CT molecular complexity index is 677. The first kappa shape index (κ1) is 21.3. The first-order chi connectivity index (χ1) is 13.1. The molecule has 4 rings (SSSR count). The van der Waals surface area contributed by atoms with Crippen LogP contribution in [0, 0.1) is 11.8 Å². The van der Waals surface area contributed by atoms with Crippen LogP contribution in [0.5, 0.6) is 0 Å². The van der Waals surface area contributed by atoms with Crippen molar-refractivity contribution < 1.29 is 4.79 Å². The van der Waals surface area contributed by atoms with E-state index in [1.807, 2.05) is 6.20 Å². The van der Waals surface area contributed by atoms with Crippen LogP contribution in [0.2, 0.25) is 0 Å². The third kappa shape index (κ3) is 4.77. The molecule has 0 bridgehead atoms. The zero-order valence-electron chi connectivity index (χ0n) is 17.3. The Hall–Kier alpha value is -1.40. The number of carbonyl (C=O) groups excluding carboxylic acids is 1. The van der Waals surface area contributed by atoms with E-state index >= 15 is 0 Å². The van der Waals surface area contributed by atoms with Gasteiger partial charge in [-0.25, -0.2) is 9.97 Å². The fourth-order valence-electron chi connectivity index (χ4n) is 4.59. The normalized spacial score (nSPS) is 24.3. The van der Waals surface area contributed by atoms with Gasteiger partial charge in [-0.3, -0.25) is 4.79 Å². The third-order valence-electron chi connectivity index (χ3n) is 6.58. The second-order valence-electron chi connectivity index (χ2n) is 8.73. The Kier molecular flexibility index (Phi) is 7.15. The fourth-order valence-corrected chi connectivity index (χ4v) is 4.59. The molecule has 0 N–H and O–H groups in total. The molecule has 7 heteroatoms. The standard InChI is InChI=1S/C21H33N5O.ClH/c1-16-6-10-26(11-7-16)21-22-15-18-14-17(4-5-19(18)23-21)20(27)25-9-3-8-24(2)12-13-25;/h15-17H,3-14H2,1-2H3;1H. The van der Waals surface area contributed by atoms with E-state index in [2.05, 4.69) is 33.7 Å². The summed E-state index contributed by atoms with van der Waals surface area (Å²) in [5.41, 5.74) is 2.35. The largest absolute Gasteiger partial charge is 0.341 e. The summed E-state index contributed by atoms with van der Waals surface area (Å²) >= 11 is 0. The first-order valence-corrected chi connectivity index (χ1v) is 10.7. The van der Waals surface area contributed by atoms with Crippen LogP contribution >= 0.6 is 12.4 Å². The van der Waals surface area contributed by atoms with Gasteiger partial charge in [0.05, 0.1) is 0 Å². The van der Waals surface area contributed by atoms with Gasteiger partial charge in [0.2, 0.25) is 11.9 Å². The molecule has 1 aromatic heterocycles. The molecule has 0 radical (unpaired) electrons. The number of aryl methyl sites for hydroxylation is 1. The highest BCUT2D eigenvalue weighted by Gasteiger charge is 2.30. The lowest BCUT2D eigenvalue weighted by Crippen LogP contribution is -2.40. The number of amides is 1. The van der Waals surface area contributed by atoms with Crippen LogP contribution in [0.1, 0.15) is 43.9 Å². The second-order valence-corrected chi connectivity index (χ2v) is 8.73. The zero-order valence-corrected chi connectivity index (χ0v) is 18.1. The van der Waals surface area contributed by atoms with Crippen molar-refractivity contribution in [3.05, 3.63) is 17.5 Å². The van der Waals surface area contributed by atoms with Crippen molar-refractivity contribution in [2.24, 2.45) is 11.8 Å². The molecule has 2 fully saturated rings. The lowest BCUT2D eigenvalue weighted by molar-refractivity contribution is -0.135. The molecule has 2 saturated heterocycles. The highest BCUT2D eigenvalue weighted by Crippen LogP contribution is 2.28. The summed E-state index contributed by atoms with van der Waals surface area (Å²) in [7, 11) is 2.14. The summed E-state index contributed by atoms with van der Waals surface area (Å²) in [6, 6.07) is 0. The van der Waals surface area contributed by atoms with E-state index in [-0.39, 0.29) is 18.3 Å². The lowest BCUT2D eigenvalue weighted by Gasteiger charge is -2.32. The first-order valence-electron chi connectivity index (χ1n) is 10.7. The van der Waals surface area contributed by atoms with E-state index in [0.29, 0.717) is 5.91 Å². The van der Waals surface area contributed by atoms with Gasteiger partial charge >= 0.3 is 0 Å². The summed E-state index contributed by atoms with van der Waals surface area (Å²) in [6.07, 6.45) is 8.14. The molecule has 3 aliphatic rings. The van der Waals surface area contributed by atoms with Gasteiger partial charge in [-0.05, 0) is 63.6 Å². The van der Waals surface area contributed by atoms with Crippen LogP contribution in [0.3, 0.4) is 0 Å². The van der Waals surface area contributed by atoms with Gasteiger partial charge in [0.15, 0.2) is 0 Å². The van der Waals surface area contributed by atoms with Crippen LogP contribution < -0.4 is 4.90 Å². The number of hydrogen-bond donors (Lipinski definition) is 0. The highest BCUT2D eigenvalue weighted by molar-refractivity contribution is 5.85. The number of aromatic nitrogens is 2. The molecule has 1 aliphatic carbocycles. The van der Waals surface area contributed by atoms with Crippen molar-refractivity contribution >= 4 is 24.3 Å². The van der Waals surface area contributed by atoms with Crippen LogP contribution in [-0.4, -0.2) is 72.0 Å². The summed E-state index contributed by atoms with van der Waals surface area (Å²) < 4.78 is 0. The van der Waals surface area contributed by atoms with E-state index in [9.17, 15) is 4.79 Å². The molecule has 1 amide bonds. The van der Waals surface area contributed by atoms with Crippen molar-refractivity contribution in [2.45, 2.75) is 45.4 Å². The Labute approximate surface area is 175 Å². The molecule has 1 unspecified atom stereocenters. The van der Waals surface area contributed by atoms with Crippen LogP contribution in [0.15, 0.2) is 6.20 Å². The molecule has 28 heavy (non-hydrogen) atoms. The molecule has 2 aliphatic heterocycles.